The van der Waals surface area contributed by atoms with E-state index < -0.39 is 5.91 Å². The molecule has 34 heavy (non-hydrogen) atoms. The lowest BCUT2D eigenvalue weighted by Gasteiger charge is -2.26. The lowest BCUT2D eigenvalue weighted by atomic mass is 9.88. The number of nitrogens with one attached hydrogen (secondary N) is 4. The molecule has 1 aromatic heterocycles. The third-order valence-electron chi connectivity index (χ3n) is 6.47. The van der Waals surface area contributed by atoms with E-state index >= 15 is 0 Å². The predicted octanol–water partition coefficient (Wildman–Crippen LogP) is 3.29. The van der Waals surface area contributed by atoms with E-state index in [1.165, 1.54) is 11.1 Å². The number of nitrogens with two attached hydrogens (primary N) is 1. The molecule has 1 aliphatic carbocycles. The molecule has 0 spiro atoms. The Bertz CT molecular complexity index is 1190. The summed E-state index contributed by atoms with van der Waals surface area (Å²) in [5, 5.41) is 13.6. The molecule has 2 aliphatic rings. The summed E-state index contributed by atoms with van der Waals surface area (Å²) in [6.07, 6.45) is 4.23. The summed E-state index contributed by atoms with van der Waals surface area (Å²) in [5.41, 5.74) is 10.2. The molecule has 6 N–H and O–H groups in total. The van der Waals surface area contributed by atoms with Crippen LogP contribution in [0.15, 0.2) is 42.5 Å². The van der Waals surface area contributed by atoms with Crippen LogP contribution in [-0.4, -0.2) is 40.0 Å². The Hall–Kier alpha value is -3.72. The molecule has 2 unspecified atom stereocenters. The van der Waals surface area contributed by atoms with Crippen molar-refractivity contribution in [2.24, 2.45) is 5.73 Å². The fourth-order valence-corrected chi connectivity index (χ4v) is 4.61. The first-order valence-corrected chi connectivity index (χ1v) is 11.8. The van der Waals surface area contributed by atoms with Gasteiger partial charge >= 0.3 is 0 Å². The van der Waals surface area contributed by atoms with Crippen LogP contribution in [0.1, 0.15) is 52.4 Å². The summed E-state index contributed by atoms with van der Waals surface area (Å²) in [6.45, 7) is 3.79. The van der Waals surface area contributed by atoms with Crippen molar-refractivity contribution < 1.29 is 4.79 Å². The van der Waals surface area contributed by atoms with E-state index in [4.69, 9.17) is 5.73 Å². The Balaban J connectivity index is 1.45. The lowest BCUT2D eigenvalue weighted by Crippen LogP contribution is -2.24. The Morgan fingerprint density at radius 3 is 2.62 bits per heavy atom. The number of anilines is 4. The third kappa shape index (κ3) is 4.94. The smallest absolute Gasteiger partial charge is 0.248 e. The molecule has 0 radical (unpaired) electrons. The van der Waals surface area contributed by atoms with Gasteiger partial charge < -0.3 is 27.0 Å². The van der Waals surface area contributed by atoms with Gasteiger partial charge in [0.2, 0.25) is 23.8 Å². The van der Waals surface area contributed by atoms with E-state index in [1.807, 2.05) is 13.0 Å². The van der Waals surface area contributed by atoms with E-state index in [2.05, 4.69) is 60.5 Å². The van der Waals surface area contributed by atoms with Gasteiger partial charge in [0.05, 0.1) is 6.04 Å². The maximum absolute atomic E-state index is 11.7. The number of hydrogen-bond donors (Lipinski definition) is 5. The highest BCUT2D eigenvalue weighted by Gasteiger charge is 2.22. The zero-order valence-corrected chi connectivity index (χ0v) is 19.3. The molecule has 5 rings (SSSR count). The number of rotatable bonds is 7. The Morgan fingerprint density at radius 1 is 1.03 bits per heavy atom. The summed E-state index contributed by atoms with van der Waals surface area (Å²) < 4.78 is 0. The molecule has 1 aliphatic heterocycles. The number of amides is 1. The van der Waals surface area contributed by atoms with E-state index in [0.29, 0.717) is 23.4 Å². The summed E-state index contributed by atoms with van der Waals surface area (Å²) in [4.78, 5) is 25.6. The van der Waals surface area contributed by atoms with E-state index in [-0.39, 0.29) is 12.1 Å². The van der Waals surface area contributed by atoms with Crippen molar-refractivity contribution in [2.75, 3.05) is 29.0 Å². The molecule has 3 aromatic rings. The summed E-state index contributed by atoms with van der Waals surface area (Å²) >= 11 is 0. The second kappa shape index (κ2) is 9.64. The zero-order valence-electron chi connectivity index (χ0n) is 19.3. The van der Waals surface area contributed by atoms with Gasteiger partial charge in [-0.2, -0.15) is 15.0 Å². The quantitative estimate of drug-likeness (QED) is 0.365. The second-order valence-corrected chi connectivity index (χ2v) is 8.95. The number of carbonyl (C=O) groups is 1. The van der Waals surface area contributed by atoms with Gasteiger partial charge in [0.1, 0.15) is 0 Å². The molecular weight excluding hydrogens is 428 g/mol. The summed E-state index contributed by atoms with van der Waals surface area (Å²) in [5.74, 6) is 0.950. The third-order valence-corrected chi connectivity index (χ3v) is 6.47. The van der Waals surface area contributed by atoms with E-state index in [1.54, 1.807) is 12.1 Å². The normalized spacial score (nSPS) is 19.3. The van der Waals surface area contributed by atoms with Crippen molar-refractivity contribution in [2.45, 2.75) is 44.7 Å². The number of aromatic nitrogens is 3. The highest BCUT2D eigenvalue weighted by molar-refractivity contribution is 5.94. The average Bonchev–Trinajstić information content (AvgIpc) is 3.33. The van der Waals surface area contributed by atoms with Gasteiger partial charge in [0.25, 0.3) is 0 Å². The van der Waals surface area contributed by atoms with Crippen molar-refractivity contribution in [1.29, 1.82) is 0 Å². The van der Waals surface area contributed by atoms with Crippen molar-refractivity contribution >= 4 is 29.4 Å². The Morgan fingerprint density at radius 2 is 1.82 bits per heavy atom. The largest absolute Gasteiger partial charge is 0.366 e. The minimum Gasteiger partial charge on any atom is -0.366 e. The van der Waals surface area contributed by atoms with Crippen LogP contribution in [-0.2, 0) is 6.42 Å². The molecule has 0 bridgehead atoms. The molecule has 2 atom stereocenters. The number of primary amides is 1. The highest BCUT2D eigenvalue weighted by Crippen LogP contribution is 2.32. The van der Waals surface area contributed by atoms with Gasteiger partial charge in [-0.1, -0.05) is 30.3 Å². The first kappa shape index (κ1) is 22.1. The molecule has 2 aromatic carbocycles. The van der Waals surface area contributed by atoms with Crippen LogP contribution in [0.5, 0.6) is 0 Å². The molecule has 9 nitrogen and oxygen atoms in total. The first-order chi connectivity index (χ1) is 16.5. The van der Waals surface area contributed by atoms with E-state index in [9.17, 15) is 4.79 Å². The first-order valence-electron chi connectivity index (χ1n) is 11.8. The van der Waals surface area contributed by atoms with Crippen LogP contribution >= 0.6 is 0 Å². The van der Waals surface area contributed by atoms with Gasteiger partial charge in [-0.15, -0.1) is 0 Å². The van der Waals surface area contributed by atoms with Crippen molar-refractivity contribution in [1.82, 2.24) is 20.3 Å². The molecule has 1 amide bonds. The number of benzene rings is 2. The van der Waals surface area contributed by atoms with Gasteiger partial charge in [-0.3, -0.25) is 4.79 Å². The van der Waals surface area contributed by atoms with Crippen LogP contribution in [0.25, 0.3) is 0 Å². The lowest BCUT2D eigenvalue weighted by molar-refractivity contribution is 0.100. The molecular formula is C25H30N8O. The fourth-order valence-electron chi connectivity index (χ4n) is 4.61. The molecule has 176 valence electrons. The highest BCUT2D eigenvalue weighted by atomic mass is 16.1. The summed E-state index contributed by atoms with van der Waals surface area (Å²) in [7, 11) is 0. The topological polar surface area (TPSA) is 130 Å². The zero-order chi connectivity index (χ0) is 23.5. The number of aryl methyl sites for hydroxylation is 2. The van der Waals surface area contributed by atoms with Gasteiger partial charge in [0, 0.05) is 23.8 Å². The molecule has 0 saturated carbocycles. The van der Waals surface area contributed by atoms with Crippen LogP contribution in [0.2, 0.25) is 0 Å². The van der Waals surface area contributed by atoms with Gasteiger partial charge in [-0.05, 0) is 68.0 Å². The number of fused-ring (bicyclic) bond motifs is 1. The van der Waals surface area contributed by atoms with Gasteiger partial charge in [0.15, 0.2) is 0 Å². The standard InChI is InChI=1S/C25H30N8O/c1-15-9-10-17(22(26)34)13-21(15)30-25-32-23(28-18-11-12-27-14-18)31-24(33-25)29-20-8-4-6-16-5-2-3-7-19(16)20/h2-3,5,7,9-10,13,18,20,27H,4,6,8,11-12,14H2,1H3,(H2,26,34)(H3,28,29,30,31,32,33). The number of hydrogen-bond acceptors (Lipinski definition) is 8. The van der Waals surface area contributed by atoms with Gasteiger partial charge in [-0.25, -0.2) is 0 Å². The second-order valence-electron chi connectivity index (χ2n) is 8.95. The van der Waals surface area contributed by atoms with Crippen LogP contribution in [0.4, 0.5) is 23.5 Å². The van der Waals surface area contributed by atoms with Crippen molar-refractivity contribution in [3.8, 4) is 0 Å². The molecule has 2 heterocycles. The van der Waals surface area contributed by atoms with E-state index in [0.717, 1.165) is 50.0 Å². The fraction of sp³-hybridized carbons (Fsp3) is 0.360. The summed E-state index contributed by atoms with van der Waals surface area (Å²) in [6, 6.07) is 14.2. The SMILES string of the molecule is Cc1ccc(C(N)=O)cc1Nc1nc(NC2CCNC2)nc(NC2CCCc3ccccc32)n1. The van der Waals surface area contributed by atoms with Crippen LogP contribution in [0, 0.1) is 6.92 Å². The Labute approximate surface area is 199 Å². The molecule has 9 heteroatoms. The minimum atomic E-state index is -0.479. The Kier molecular flexibility index (Phi) is 6.27. The monoisotopic (exact) mass is 458 g/mol. The van der Waals surface area contributed by atoms with Crippen molar-refractivity contribution in [3.63, 3.8) is 0 Å². The van der Waals surface area contributed by atoms with Crippen molar-refractivity contribution in [3.05, 3.63) is 64.7 Å². The predicted molar refractivity (Wildman–Crippen MR) is 133 cm³/mol. The number of carbonyl (C=O) groups excluding carboxylic acids is 1. The maximum Gasteiger partial charge on any atom is 0.248 e. The molecule has 1 fully saturated rings. The maximum atomic E-state index is 11.7. The minimum absolute atomic E-state index is 0.140. The average molecular weight is 459 g/mol. The molecule has 1 saturated heterocycles. The van der Waals surface area contributed by atoms with Crippen LogP contribution < -0.4 is 27.0 Å². The van der Waals surface area contributed by atoms with Crippen LogP contribution in [0.3, 0.4) is 0 Å². The number of nitrogens with zero attached hydrogens (tertiary/aromatic N) is 3.